The maximum Gasteiger partial charge on any atom is 0.274 e. The number of amides is 2. The van der Waals surface area contributed by atoms with E-state index in [1.54, 1.807) is 34.9 Å². The van der Waals surface area contributed by atoms with Crippen molar-refractivity contribution in [3.8, 4) is 0 Å². The highest BCUT2D eigenvalue weighted by atomic mass is 16.2. The molecule has 1 fully saturated rings. The molecule has 1 aliphatic rings. The predicted molar refractivity (Wildman–Crippen MR) is 105 cm³/mol. The van der Waals surface area contributed by atoms with E-state index in [1.807, 2.05) is 35.2 Å². The van der Waals surface area contributed by atoms with Gasteiger partial charge in [0.25, 0.3) is 11.8 Å². The van der Waals surface area contributed by atoms with Crippen LogP contribution in [0.1, 0.15) is 39.4 Å². The summed E-state index contributed by atoms with van der Waals surface area (Å²) >= 11 is 0. The van der Waals surface area contributed by atoms with Gasteiger partial charge in [-0.25, -0.2) is 4.68 Å². The molecule has 0 aliphatic carbocycles. The first kappa shape index (κ1) is 18.9. The quantitative estimate of drug-likeness (QED) is 0.680. The number of likely N-dealkylation sites (tertiary alicyclic amines) is 1. The number of nitrogens with one attached hydrogen (secondary N) is 1. The van der Waals surface area contributed by atoms with Gasteiger partial charge in [-0.3, -0.25) is 14.3 Å². The second kappa shape index (κ2) is 8.26. The fourth-order valence-electron chi connectivity index (χ4n) is 3.55. The zero-order valence-electron chi connectivity index (χ0n) is 16.2. The molecule has 1 atom stereocenters. The summed E-state index contributed by atoms with van der Waals surface area (Å²) in [5.74, 6) is -0.345. The van der Waals surface area contributed by atoms with Crippen LogP contribution in [0.25, 0.3) is 0 Å². The van der Waals surface area contributed by atoms with Gasteiger partial charge in [-0.2, -0.15) is 5.10 Å². The highest BCUT2D eigenvalue weighted by Crippen LogP contribution is 2.21. The average Bonchev–Trinajstić information content (AvgIpc) is 3.48. The summed E-state index contributed by atoms with van der Waals surface area (Å²) in [6, 6.07) is 11.4. The molecule has 150 valence electrons. The van der Waals surface area contributed by atoms with Crippen molar-refractivity contribution in [3.63, 3.8) is 0 Å². The van der Waals surface area contributed by atoms with E-state index in [4.69, 9.17) is 0 Å². The molecule has 2 amide bonds. The van der Waals surface area contributed by atoms with Gasteiger partial charge in [0.15, 0.2) is 5.69 Å². The van der Waals surface area contributed by atoms with Crippen molar-refractivity contribution in [2.75, 3.05) is 6.54 Å². The Morgan fingerprint density at radius 3 is 2.76 bits per heavy atom. The van der Waals surface area contributed by atoms with Crippen molar-refractivity contribution in [3.05, 3.63) is 65.7 Å². The van der Waals surface area contributed by atoms with E-state index in [0.29, 0.717) is 25.3 Å². The number of nitrogens with zero attached hydrogens (tertiary/aromatic N) is 6. The Morgan fingerprint density at radius 2 is 2.00 bits per heavy atom. The third-order valence-electron chi connectivity index (χ3n) is 5.04. The number of aryl methyl sites for hydroxylation is 1. The minimum Gasteiger partial charge on any atom is -0.347 e. The smallest absolute Gasteiger partial charge is 0.274 e. The molecule has 1 aromatic carbocycles. The van der Waals surface area contributed by atoms with Crippen LogP contribution in [0.3, 0.4) is 0 Å². The summed E-state index contributed by atoms with van der Waals surface area (Å²) in [5.41, 5.74) is 1.73. The lowest BCUT2D eigenvalue weighted by atomic mass is 10.2. The molecule has 29 heavy (non-hydrogen) atoms. The highest BCUT2D eigenvalue weighted by Gasteiger charge is 2.31. The lowest BCUT2D eigenvalue weighted by molar-refractivity contribution is 0.0714. The van der Waals surface area contributed by atoms with Crippen molar-refractivity contribution in [1.29, 1.82) is 0 Å². The summed E-state index contributed by atoms with van der Waals surface area (Å²) in [7, 11) is 1.79. The topological polar surface area (TPSA) is 97.9 Å². The standard InChI is InChI=1S/C20H23N7O2/c1-25-11-9-17(23-25)20(29)27-10-5-8-16(27)13-26-14-18(22-24-26)19(28)21-12-15-6-3-2-4-7-15/h2-4,6-7,9,11,14,16H,5,8,10,12-13H2,1H3,(H,21,28). The van der Waals surface area contributed by atoms with Gasteiger partial charge in [0.05, 0.1) is 18.8 Å². The highest BCUT2D eigenvalue weighted by molar-refractivity contribution is 5.92. The number of carbonyl (C=O) groups is 2. The lowest BCUT2D eigenvalue weighted by Crippen LogP contribution is -2.38. The first-order valence-corrected chi connectivity index (χ1v) is 9.63. The molecule has 2 aromatic heterocycles. The average molecular weight is 393 g/mol. The Balaban J connectivity index is 1.36. The molecule has 9 nitrogen and oxygen atoms in total. The largest absolute Gasteiger partial charge is 0.347 e. The zero-order chi connectivity index (χ0) is 20.2. The van der Waals surface area contributed by atoms with Gasteiger partial charge in [-0.15, -0.1) is 5.10 Å². The number of aromatic nitrogens is 5. The van der Waals surface area contributed by atoms with Crippen LogP contribution < -0.4 is 5.32 Å². The minimum absolute atomic E-state index is 0.00596. The van der Waals surface area contributed by atoms with Crippen LogP contribution in [-0.4, -0.2) is 54.1 Å². The first-order valence-electron chi connectivity index (χ1n) is 9.63. The van der Waals surface area contributed by atoms with Crippen LogP contribution in [0.4, 0.5) is 0 Å². The second-order valence-electron chi connectivity index (χ2n) is 7.16. The zero-order valence-corrected chi connectivity index (χ0v) is 16.2. The Morgan fingerprint density at radius 1 is 1.17 bits per heavy atom. The van der Waals surface area contributed by atoms with Gasteiger partial charge >= 0.3 is 0 Å². The lowest BCUT2D eigenvalue weighted by Gasteiger charge is -2.23. The van der Waals surface area contributed by atoms with Gasteiger partial charge in [0.1, 0.15) is 5.69 Å². The van der Waals surface area contributed by atoms with Gasteiger partial charge in [-0.1, -0.05) is 35.5 Å². The van der Waals surface area contributed by atoms with Crippen LogP contribution in [0.2, 0.25) is 0 Å². The van der Waals surface area contributed by atoms with Crippen molar-refractivity contribution >= 4 is 11.8 Å². The predicted octanol–water partition coefficient (Wildman–Crippen LogP) is 1.25. The number of hydrogen-bond donors (Lipinski definition) is 1. The van der Waals surface area contributed by atoms with E-state index in [1.165, 1.54) is 0 Å². The molecule has 3 heterocycles. The van der Waals surface area contributed by atoms with Crippen LogP contribution in [0, 0.1) is 0 Å². The normalized spacial score (nSPS) is 16.2. The van der Waals surface area contributed by atoms with Gasteiger partial charge in [-0.05, 0) is 24.5 Å². The summed E-state index contributed by atoms with van der Waals surface area (Å²) in [6.07, 6.45) is 5.20. The van der Waals surface area contributed by atoms with E-state index < -0.39 is 0 Å². The Labute approximate surface area is 168 Å². The summed E-state index contributed by atoms with van der Waals surface area (Å²) < 4.78 is 3.25. The first-order chi connectivity index (χ1) is 14.1. The molecule has 0 saturated carbocycles. The fourth-order valence-corrected chi connectivity index (χ4v) is 3.55. The molecule has 1 aliphatic heterocycles. The number of rotatable bonds is 6. The molecule has 4 rings (SSSR count). The maximum absolute atomic E-state index is 12.7. The molecule has 1 saturated heterocycles. The molecular weight excluding hydrogens is 370 g/mol. The summed E-state index contributed by atoms with van der Waals surface area (Å²) in [5, 5.41) is 15.1. The van der Waals surface area contributed by atoms with Crippen molar-refractivity contribution < 1.29 is 9.59 Å². The summed E-state index contributed by atoms with van der Waals surface area (Å²) in [4.78, 5) is 26.9. The van der Waals surface area contributed by atoms with Crippen LogP contribution in [-0.2, 0) is 20.1 Å². The monoisotopic (exact) mass is 393 g/mol. The van der Waals surface area contributed by atoms with E-state index in [-0.39, 0.29) is 23.6 Å². The molecule has 1 unspecified atom stereocenters. The van der Waals surface area contributed by atoms with Crippen molar-refractivity contribution in [2.45, 2.75) is 32.0 Å². The Kier molecular flexibility index (Phi) is 5.37. The van der Waals surface area contributed by atoms with E-state index in [9.17, 15) is 9.59 Å². The number of carbonyl (C=O) groups excluding carboxylic acids is 2. The fraction of sp³-hybridized carbons (Fsp3) is 0.350. The summed E-state index contributed by atoms with van der Waals surface area (Å²) in [6.45, 7) is 1.62. The molecule has 1 N–H and O–H groups in total. The van der Waals surface area contributed by atoms with Crippen LogP contribution in [0.15, 0.2) is 48.8 Å². The third kappa shape index (κ3) is 4.34. The molecule has 0 spiro atoms. The molecular formula is C20H23N7O2. The Hall–Kier alpha value is -3.49. The molecule has 0 bridgehead atoms. The molecule has 9 heteroatoms. The number of hydrogen-bond acceptors (Lipinski definition) is 5. The van der Waals surface area contributed by atoms with Gasteiger partial charge in [0, 0.05) is 26.3 Å². The van der Waals surface area contributed by atoms with Gasteiger partial charge in [0.2, 0.25) is 0 Å². The van der Waals surface area contributed by atoms with Crippen molar-refractivity contribution in [2.24, 2.45) is 7.05 Å². The van der Waals surface area contributed by atoms with E-state index in [0.717, 1.165) is 18.4 Å². The number of benzene rings is 1. The minimum atomic E-state index is -0.270. The van der Waals surface area contributed by atoms with Crippen molar-refractivity contribution in [1.82, 2.24) is 35.0 Å². The van der Waals surface area contributed by atoms with Crippen LogP contribution >= 0.6 is 0 Å². The molecule has 0 radical (unpaired) electrons. The maximum atomic E-state index is 12.7. The van der Waals surface area contributed by atoms with Crippen LogP contribution in [0.5, 0.6) is 0 Å². The Bertz CT molecular complexity index is 995. The SMILES string of the molecule is Cn1ccc(C(=O)N2CCCC2Cn2cc(C(=O)NCc3ccccc3)nn2)n1. The van der Waals surface area contributed by atoms with E-state index in [2.05, 4.69) is 20.7 Å². The second-order valence-corrected chi connectivity index (χ2v) is 7.16. The third-order valence-corrected chi connectivity index (χ3v) is 5.04. The van der Waals surface area contributed by atoms with E-state index >= 15 is 0 Å². The van der Waals surface area contributed by atoms with Gasteiger partial charge < -0.3 is 10.2 Å². The molecule has 3 aromatic rings.